The van der Waals surface area contributed by atoms with Crippen LogP contribution in [0.2, 0.25) is 0 Å². The van der Waals surface area contributed by atoms with Gasteiger partial charge in [-0.1, -0.05) is 133 Å². The second-order valence-electron chi connectivity index (χ2n) is 14.0. The first kappa shape index (κ1) is 33.9. The predicted molar refractivity (Wildman–Crippen MR) is 239 cm³/mol. The summed E-state index contributed by atoms with van der Waals surface area (Å²) in [5.41, 5.74) is 9.15. The van der Waals surface area contributed by atoms with Gasteiger partial charge >= 0.3 is 0 Å². The molecule has 0 radical (unpaired) electrons. The number of benzene rings is 7. The normalized spacial score (nSPS) is 11.4. The zero-order valence-corrected chi connectivity index (χ0v) is 32.3. The highest BCUT2D eigenvalue weighted by Crippen LogP contribution is 2.42. The first-order chi connectivity index (χ1) is 28.7. The zero-order chi connectivity index (χ0) is 38.6. The van der Waals surface area contributed by atoms with Crippen molar-refractivity contribution in [2.45, 2.75) is 0 Å². The molecule has 58 heavy (non-hydrogen) atoms. The number of hydrogen-bond acceptors (Lipinski definition) is 8. The van der Waals surface area contributed by atoms with Crippen LogP contribution < -0.4 is 0 Å². The summed E-state index contributed by atoms with van der Waals surface area (Å²) >= 11 is 3.50. The number of hydrogen-bond donors (Lipinski definition) is 0. The molecule has 0 spiro atoms. The van der Waals surface area contributed by atoms with Gasteiger partial charge in [0.05, 0.1) is 27.5 Å². The van der Waals surface area contributed by atoms with E-state index in [-0.39, 0.29) is 0 Å². The summed E-state index contributed by atoms with van der Waals surface area (Å²) in [6, 6.07) is 59.9. The Balaban J connectivity index is 1.01. The van der Waals surface area contributed by atoms with Gasteiger partial charge in [-0.05, 0) is 47.5 Å². The summed E-state index contributed by atoms with van der Waals surface area (Å²) in [6.07, 6.45) is 0. The highest BCUT2D eigenvalue weighted by atomic mass is 32.1. The molecule has 11 aromatic rings. The molecule has 0 saturated carbocycles. The minimum atomic E-state index is 0.579. The Morgan fingerprint density at radius 3 is 1.72 bits per heavy atom. The molecule has 4 heterocycles. The van der Waals surface area contributed by atoms with Crippen molar-refractivity contribution in [3.63, 3.8) is 0 Å². The van der Waals surface area contributed by atoms with Crippen LogP contribution in [0.5, 0.6) is 0 Å². The lowest BCUT2D eigenvalue weighted by molar-refractivity contribution is 1.07. The van der Waals surface area contributed by atoms with E-state index < -0.39 is 0 Å². The van der Waals surface area contributed by atoms with E-state index in [0.29, 0.717) is 28.9 Å². The van der Waals surface area contributed by atoms with Crippen LogP contribution in [0.3, 0.4) is 0 Å². The Labute approximate surface area is 341 Å². The molecule has 0 aliphatic carbocycles. The molecule has 0 N–H and O–H groups in total. The fraction of sp³-hybridized carbons (Fsp3) is 0. The minimum Gasteiger partial charge on any atom is -0.226 e. The van der Waals surface area contributed by atoms with Crippen molar-refractivity contribution < 1.29 is 0 Å². The van der Waals surface area contributed by atoms with E-state index in [4.69, 9.17) is 24.9 Å². The molecule has 0 atom stereocenters. The van der Waals surface area contributed by atoms with Gasteiger partial charge < -0.3 is 0 Å². The number of nitrogens with zero attached hydrogens (tertiary/aromatic N) is 6. The molecule has 270 valence electrons. The fourth-order valence-electron chi connectivity index (χ4n) is 7.55. The smallest absolute Gasteiger partial charge is 0.164 e. The lowest BCUT2D eigenvalue weighted by Crippen LogP contribution is -2.00. The largest absolute Gasteiger partial charge is 0.226 e. The molecule has 11 rings (SSSR count). The molecule has 0 amide bonds. The molecule has 0 aliphatic rings. The number of nitriles is 1. The van der Waals surface area contributed by atoms with E-state index >= 15 is 0 Å². The lowest BCUT2D eigenvalue weighted by Gasteiger charge is -2.10. The topological polar surface area (TPSA) is 88.2 Å². The molecule has 6 nitrogen and oxygen atoms in total. The summed E-state index contributed by atoms with van der Waals surface area (Å²) in [5, 5.41) is 13.1. The molecule has 0 saturated heterocycles. The fourth-order valence-corrected chi connectivity index (χ4v) is 9.83. The van der Waals surface area contributed by atoms with Crippen molar-refractivity contribution in [1.29, 1.82) is 5.26 Å². The Morgan fingerprint density at radius 1 is 0.379 bits per heavy atom. The van der Waals surface area contributed by atoms with E-state index in [0.717, 1.165) is 75.7 Å². The summed E-state index contributed by atoms with van der Waals surface area (Å²) in [4.78, 5) is 25.4. The van der Waals surface area contributed by atoms with Crippen LogP contribution in [-0.4, -0.2) is 24.9 Å². The van der Waals surface area contributed by atoms with Crippen molar-refractivity contribution >= 4 is 63.1 Å². The van der Waals surface area contributed by atoms with Gasteiger partial charge in [-0.3, -0.25) is 0 Å². The Morgan fingerprint density at radius 2 is 0.948 bits per heavy atom. The molecule has 0 unspecified atom stereocenters. The third-order valence-corrected chi connectivity index (χ3v) is 12.7. The molecule has 0 bridgehead atoms. The first-order valence-corrected chi connectivity index (χ1v) is 20.4. The number of aromatic nitrogens is 5. The van der Waals surface area contributed by atoms with E-state index in [9.17, 15) is 5.26 Å². The molecular weight excluding hydrogens is 749 g/mol. The van der Waals surface area contributed by atoms with Gasteiger partial charge in [-0.25, -0.2) is 24.9 Å². The predicted octanol–water partition coefficient (Wildman–Crippen LogP) is 13.3. The quantitative estimate of drug-likeness (QED) is 0.167. The average Bonchev–Trinajstić information content (AvgIpc) is 3.87. The third kappa shape index (κ3) is 5.89. The van der Waals surface area contributed by atoms with Gasteiger partial charge in [0, 0.05) is 58.1 Å². The summed E-state index contributed by atoms with van der Waals surface area (Å²) in [5.74, 6) is 2.49. The highest BCUT2D eigenvalue weighted by Gasteiger charge is 2.19. The molecule has 0 fully saturated rings. The van der Waals surface area contributed by atoms with Crippen molar-refractivity contribution in [2.75, 3.05) is 0 Å². The van der Waals surface area contributed by atoms with E-state index in [1.54, 1.807) is 22.7 Å². The van der Waals surface area contributed by atoms with Crippen molar-refractivity contribution in [3.05, 3.63) is 175 Å². The Bertz CT molecular complexity index is 3400. The van der Waals surface area contributed by atoms with Crippen LogP contribution in [0.25, 0.3) is 108 Å². The summed E-state index contributed by atoms with van der Waals surface area (Å²) < 4.78 is 4.62. The lowest BCUT2D eigenvalue weighted by atomic mass is 9.99. The standard InChI is InChI=1S/C50H28N6S2/c51-29-36-15-7-8-16-37(36)30-19-21-33(22-20-30)48-54-47(32-13-5-2-6-14-32)55-50(56-48)35-23-25-38-40-27-34(24-26-42(40)57-43(38)28-35)49-52-44(31-11-3-1-4-12-31)46-45(53-49)39-17-9-10-18-41(39)58-46/h1-28H. The van der Waals surface area contributed by atoms with E-state index in [1.807, 2.05) is 84.9 Å². The van der Waals surface area contributed by atoms with Crippen LogP contribution >= 0.6 is 22.7 Å². The van der Waals surface area contributed by atoms with Gasteiger partial charge in [0.2, 0.25) is 0 Å². The van der Waals surface area contributed by atoms with Gasteiger partial charge in [-0.15, -0.1) is 22.7 Å². The number of fused-ring (bicyclic) bond motifs is 6. The highest BCUT2D eigenvalue weighted by molar-refractivity contribution is 7.26. The van der Waals surface area contributed by atoms with Gasteiger partial charge in [-0.2, -0.15) is 5.26 Å². The van der Waals surface area contributed by atoms with Crippen molar-refractivity contribution in [1.82, 2.24) is 24.9 Å². The van der Waals surface area contributed by atoms with Crippen LogP contribution in [0.15, 0.2) is 170 Å². The molecule has 4 aromatic heterocycles. The third-order valence-electron chi connectivity index (χ3n) is 10.4. The van der Waals surface area contributed by atoms with Crippen LogP contribution in [0.4, 0.5) is 0 Å². The van der Waals surface area contributed by atoms with E-state index in [2.05, 4.69) is 91.0 Å². The molecule has 0 aliphatic heterocycles. The maximum absolute atomic E-state index is 9.67. The second kappa shape index (κ2) is 13.9. The monoisotopic (exact) mass is 776 g/mol. The van der Waals surface area contributed by atoms with Crippen LogP contribution in [0, 0.1) is 11.3 Å². The maximum Gasteiger partial charge on any atom is 0.164 e. The maximum atomic E-state index is 9.67. The van der Waals surface area contributed by atoms with Crippen LogP contribution in [-0.2, 0) is 0 Å². The Kier molecular flexibility index (Phi) is 8.14. The second-order valence-corrected chi connectivity index (χ2v) is 16.1. The molecule has 7 aromatic carbocycles. The summed E-state index contributed by atoms with van der Waals surface area (Å²) in [7, 11) is 0. The van der Waals surface area contributed by atoms with Gasteiger partial charge in [0.15, 0.2) is 23.3 Å². The van der Waals surface area contributed by atoms with Gasteiger partial charge in [0.1, 0.15) is 0 Å². The number of thiophene rings is 2. The van der Waals surface area contributed by atoms with Crippen LogP contribution in [0.1, 0.15) is 5.56 Å². The first-order valence-electron chi connectivity index (χ1n) is 18.8. The van der Waals surface area contributed by atoms with Crippen molar-refractivity contribution in [3.8, 4) is 74.0 Å². The average molecular weight is 777 g/mol. The van der Waals surface area contributed by atoms with Gasteiger partial charge in [0.25, 0.3) is 0 Å². The Hall–Kier alpha value is -7.44. The SMILES string of the molecule is N#Cc1ccccc1-c1ccc(-c2nc(-c3ccccc3)nc(-c3ccc4c(c3)sc3ccc(-c5nc(-c6ccccc6)c6sc7ccccc7c6n5)cc34)n2)cc1. The number of rotatable bonds is 6. The van der Waals surface area contributed by atoms with Crippen molar-refractivity contribution in [2.24, 2.45) is 0 Å². The minimum absolute atomic E-state index is 0.579. The molecule has 8 heteroatoms. The molecular formula is C50H28N6S2. The summed E-state index contributed by atoms with van der Waals surface area (Å²) in [6.45, 7) is 0. The zero-order valence-electron chi connectivity index (χ0n) is 30.7. The van der Waals surface area contributed by atoms with E-state index in [1.165, 1.54) is 9.40 Å².